The van der Waals surface area contributed by atoms with Gasteiger partial charge in [-0.25, -0.2) is 12.7 Å². The molecule has 0 radical (unpaired) electrons. The standard InChI is InChI=1S/C11H24N2O2S/c1-4-7-12-10(2)11-5-8-13(9-6-11)16(3,14)15/h10-12H,4-9H2,1-3H3. The summed E-state index contributed by atoms with van der Waals surface area (Å²) in [5, 5.41) is 3.49. The largest absolute Gasteiger partial charge is 0.314 e. The van der Waals surface area contributed by atoms with Gasteiger partial charge in [0.2, 0.25) is 10.0 Å². The van der Waals surface area contributed by atoms with Gasteiger partial charge in [0, 0.05) is 19.1 Å². The summed E-state index contributed by atoms with van der Waals surface area (Å²) in [4.78, 5) is 0. The van der Waals surface area contributed by atoms with Crippen LogP contribution in [0.1, 0.15) is 33.1 Å². The van der Waals surface area contributed by atoms with Gasteiger partial charge in [-0.2, -0.15) is 0 Å². The maximum absolute atomic E-state index is 11.3. The van der Waals surface area contributed by atoms with Gasteiger partial charge in [-0.15, -0.1) is 0 Å². The molecule has 1 saturated heterocycles. The van der Waals surface area contributed by atoms with Crippen LogP contribution in [0.15, 0.2) is 0 Å². The number of rotatable bonds is 5. The van der Waals surface area contributed by atoms with Gasteiger partial charge in [-0.05, 0) is 38.6 Å². The Bertz CT molecular complexity index is 295. The van der Waals surface area contributed by atoms with Crippen LogP contribution in [-0.4, -0.2) is 44.7 Å². The van der Waals surface area contributed by atoms with Crippen molar-refractivity contribution < 1.29 is 8.42 Å². The molecule has 0 aromatic heterocycles. The predicted octanol–water partition coefficient (Wildman–Crippen LogP) is 1.05. The first kappa shape index (κ1) is 13.9. The summed E-state index contributed by atoms with van der Waals surface area (Å²) < 4.78 is 24.3. The monoisotopic (exact) mass is 248 g/mol. The van der Waals surface area contributed by atoms with Crippen LogP contribution in [0.25, 0.3) is 0 Å². The molecule has 1 N–H and O–H groups in total. The lowest BCUT2D eigenvalue weighted by molar-refractivity contribution is 0.232. The molecule has 0 amide bonds. The van der Waals surface area contributed by atoms with Crippen molar-refractivity contribution in [2.24, 2.45) is 5.92 Å². The van der Waals surface area contributed by atoms with E-state index in [2.05, 4.69) is 19.2 Å². The lowest BCUT2D eigenvalue weighted by atomic mass is 9.91. The van der Waals surface area contributed by atoms with Crippen molar-refractivity contribution in [1.29, 1.82) is 0 Å². The molecular formula is C11H24N2O2S. The van der Waals surface area contributed by atoms with Gasteiger partial charge in [-0.3, -0.25) is 0 Å². The SMILES string of the molecule is CCCNC(C)C1CCN(S(C)(=O)=O)CC1. The Morgan fingerprint density at radius 2 is 1.94 bits per heavy atom. The lowest BCUT2D eigenvalue weighted by Crippen LogP contribution is -2.43. The molecule has 1 aliphatic heterocycles. The Kier molecular flexibility index (Phi) is 5.21. The number of hydrogen-bond acceptors (Lipinski definition) is 3. The quantitative estimate of drug-likeness (QED) is 0.791. The van der Waals surface area contributed by atoms with E-state index >= 15 is 0 Å². The van der Waals surface area contributed by atoms with E-state index in [0.717, 1.165) is 25.8 Å². The molecule has 1 heterocycles. The number of hydrogen-bond donors (Lipinski definition) is 1. The first-order chi connectivity index (χ1) is 7.45. The molecule has 96 valence electrons. The molecule has 0 bridgehead atoms. The van der Waals surface area contributed by atoms with Crippen molar-refractivity contribution >= 4 is 10.0 Å². The van der Waals surface area contributed by atoms with E-state index in [-0.39, 0.29) is 0 Å². The summed E-state index contributed by atoms with van der Waals surface area (Å²) in [5.74, 6) is 0.615. The minimum absolute atomic E-state index is 0.502. The summed E-state index contributed by atoms with van der Waals surface area (Å²) in [6.07, 6.45) is 4.40. The Hall–Kier alpha value is -0.130. The fraction of sp³-hybridized carbons (Fsp3) is 1.00. The first-order valence-corrected chi connectivity index (χ1v) is 7.98. The maximum atomic E-state index is 11.3. The molecule has 1 atom stereocenters. The van der Waals surface area contributed by atoms with Gasteiger partial charge in [-0.1, -0.05) is 6.92 Å². The minimum atomic E-state index is -2.98. The van der Waals surface area contributed by atoms with Crippen molar-refractivity contribution in [3.05, 3.63) is 0 Å². The fourth-order valence-electron chi connectivity index (χ4n) is 2.25. The highest BCUT2D eigenvalue weighted by Gasteiger charge is 2.27. The topological polar surface area (TPSA) is 49.4 Å². The predicted molar refractivity (Wildman–Crippen MR) is 66.9 cm³/mol. The van der Waals surface area contributed by atoms with Gasteiger partial charge in [0.15, 0.2) is 0 Å². The van der Waals surface area contributed by atoms with Crippen LogP contribution in [-0.2, 0) is 10.0 Å². The molecule has 16 heavy (non-hydrogen) atoms. The highest BCUT2D eigenvalue weighted by molar-refractivity contribution is 7.88. The Morgan fingerprint density at radius 3 is 2.38 bits per heavy atom. The van der Waals surface area contributed by atoms with E-state index in [1.165, 1.54) is 6.26 Å². The summed E-state index contributed by atoms with van der Waals surface area (Å²) >= 11 is 0. The molecule has 0 aromatic rings. The Labute approximate surface area is 99.5 Å². The average Bonchev–Trinajstić information content (AvgIpc) is 2.25. The van der Waals surface area contributed by atoms with Crippen LogP contribution in [0.5, 0.6) is 0 Å². The summed E-state index contributed by atoms with van der Waals surface area (Å²) in [6, 6.07) is 0.502. The van der Waals surface area contributed by atoms with Gasteiger partial charge < -0.3 is 5.32 Å². The lowest BCUT2D eigenvalue weighted by Gasteiger charge is -2.33. The molecule has 0 spiro atoms. The van der Waals surface area contributed by atoms with Crippen molar-refractivity contribution in [2.45, 2.75) is 39.2 Å². The minimum Gasteiger partial charge on any atom is -0.314 e. The number of piperidine rings is 1. The molecule has 0 aliphatic carbocycles. The second kappa shape index (κ2) is 5.98. The highest BCUT2D eigenvalue weighted by atomic mass is 32.2. The van der Waals surface area contributed by atoms with Gasteiger partial charge in [0.25, 0.3) is 0 Å². The van der Waals surface area contributed by atoms with Gasteiger partial charge >= 0.3 is 0 Å². The Morgan fingerprint density at radius 1 is 1.38 bits per heavy atom. The number of sulfonamides is 1. The third-order valence-electron chi connectivity index (χ3n) is 3.39. The summed E-state index contributed by atoms with van der Waals surface area (Å²) in [7, 11) is -2.98. The van der Waals surface area contributed by atoms with E-state index in [1.807, 2.05) is 0 Å². The van der Waals surface area contributed by atoms with Gasteiger partial charge in [0.05, 0.1) is 6.26 Å². The van der Waals surface area contributed by atoms with Crippen molar-refractivity contribution in [3.8, 4) is 0 Å². The number of nitrogens with one attached hydrogen (secondary N) is 1. The van der Waals surface area contributed by atoms with Gasteiger partial charge in [0.1, 0.15) is 0 Å². The van der Waals surface area contributed by atoms with E-state index in [1.54, 1.807) is 4.31 Å². The maximum Gasteiger partial charge on any atom is 0.211 e. The summed E-state index contributed by atoms with van der Waals surface area (Å²) in [5.41, 5.74) is 0. The second-order valence-electron chi connectivity index (χ2n) is 4.74. The van der Waals surface area contributed by atoms with Crippen LogP contribution in [0.3, 0.4) is 0 Å². The molecule has 1 aliphatic rings. The van der Waals surface area contributed by atoms with Crippen LogP contribution >= 0.6 is 0 Å². The molecule has 1 fully saturated rings. The number of nitrogens with zero attached hydrogens (tertiary/aromatic N) is 1. The van der Waals surface area contributed by atoms with Crippen LogP contribution in [0.2, 0.25) is 0 Å². The first-order valence-electron chi connectivity index (χ1n) is 6.13. The zero-order valence-electron chi connectivity index (χ0n) is 10.6. The molecule has 1 rings (SSSR count). The second-order valence-corrected chi connectivity index (χ2v) is 6.72. The zero-order valence-corrected chi connectivity index (χ0v) is 11.4. The molecule has 5 heteroatoms. The van der Waals surface area contributed by atoms with E-state index in [4.69, 9.17) is 0 Å². The van der Waals surface area contributed by atoms with E-state index < -0.39 is 10.0 Å². The molecular weight excluding hydrogens is 224 g/mol. The van der Waals surface area contributed by atoms with Crippen molar-refractivity contribution in [2.75, 3.05) is 25.9 Å². The highest BCUT2D eigenvalue weighted by Crippen LogP contribution is 2.21. The van der Waals surface area contributed by atoms with E-state index in [0.29, 0.717) is 25.0 Å². The van der Waals surface area contributed by atoms with Crippen molar-refractivity contribution in [1.82, 2.24) is 9.62 Å². The average molecular weight is 248 g/mol. The van der Waals surface area contributed by atoms with Crippen LogP contribution < -0.4 is 5.32 Å². The molecule has 4 nitrogen and oxygen atoms in total. The van der Waals surface area contributed by atoms with Crippen molar-refractivity contribution in [3.63, 3.8) is 0 Å². The third-order valence-corrected chi connectivity index (χ3v) is 4.69. The van der Waals surface area contributed by atoms with Crippen LogP contribution in [0.4, 0.5) is 0 Å². The summed E-state index contributed by atoms with van der Waals surface area (Å²) in [6.45, 7) is 6.78. The third kappa shape index (κ3) is 4.03. The van der Waals surface area contributed by atoms with Crippen LogP contribution in [0, 0.1) is 5.92 Å². The molecule has 0 saturated carbocycles. The van der Waals surface area contributed by atoms with E-state index in [9.17, 15) is 8.42 Å². The normalized spacial score (nSPS) is 22.2. The Balaban J connectivity index is 2.37. The molecule has 0 aromatic carbocycles. The fourth-order valence-corrected chi connectivity index (χ4v) is 3.12. The molecule has 1 unspecified atom stereocenters. The smallest absolute Gasteiger partial charge is 0.211 e. The zero-order chi connectivity index (χ0) is 12.2.